The fourth-order valence-electron chi connectivity index (χ4n) is 2.68. The first-order valence-electron chi connectivity index (χ1n) is 7.36. The lowest BCUT2D eigenvalue weighted by Gasteiger charge is -2.20. The van der Waals surface area contributed by atoms with E-state index in [-0.39, 0.29) is 11.9 Å². The maximum Gasteiger partial charge on any atom is 0.274 e. The van der Waals surface area contributed by atoms with Crippen molar-refractivity contribution in [3.63, 3.8) is 0 Å². The standard InChI is InChI=1S/C14H24N4O/c1-2-11-12(15)13(18-17-11)14(19)16-10-8-6-4-3-5-7-9-10/h10H,2-9,15H2,1H3,(H,16,19)(H,17,18). The van der Waals surface area contributed by atoms with E-state index in [1.165, 1.54) is 32.1 Å². The highest BCUT2D eigenvalue weighted by Gasteiger charge is 2.20. The lowest BCUT2D eigenvalue weighted by Crippen LogP contribution is -2.35. The Balaban J connectivity index is 1.97. The summed E-state index contributed by atoms with van der Waals surface area (Å²) in [6, 6.07) is 0.272. The molecule has 106 valence electrons. The van der Waals surface area contributed by atoms with Crippen molar-refractivity contribution in [2.75, 3.05) is 5.73 Å². The normalized spacial score (nSPS) is 17.7. The van der Waals surface area contributed by atoms with Crippen LogP contribution >= 0.6 is 0 Å². The molecule has 5 nitrogen and oxygen atoms in total. The fraction of sp³-hybridized carbons (Fsp3) is 0.714. The molecule has 0 aromatic carbocycles. The second kappa shape index (κ2) is 6.59. The van der Waals surface area contributed by atoms with Gasteiger partial charge in [0.25, 0.3) is 5.91 Å². The maximum absolute atomic E-state index is 12.2. The van der Waals surface area contributed by atoms with Crippen LogP contribution in [0.5, 0.6) is 0 Å². The molecule has 4 N–H and O–H groups in total. The summed E-state index contributed by atoms with van der Waals surface area (Å²) in [4.78, 5) is 12.2. The highest BCUT2D eigenvalue weighted by molar-refractivity contribution is 5.97. The molecule has 1 aliphatic carbocycles. The quantitative estimate of drug-likeness (QED) is 0.783. The van der Waals surface area contributed by atoms with Crippen molar-refractivity contribution in [2.24, 2.45) is 0 Å². The molecule has 0 aliphatic heterocycles. The Morgan fingerprint density at radius 1 is 1.32 bits per heavy atom. The van der Waals surface area contributed by atoms with Gasteiger partial charge in [0.1, 0.15) is 0 Å². The molecule has 1 saturated carbocycles. The highest BCUT2D eigenvalue weighted by Crippen LogP contribution is 2.19. The Kier molecular flexibility index (Phi) is 4.82. The van der Waals surface area contributed by atoms with E-state index in [4.69, 9.17) is 5.73 Å². The lowest BCUT2D eigenvalue weighted by molar-refractivity contribution is 0.0926. The third-order valence-electron chi connectivity index (χ3n) is 3.89. The minimum atomic E-state index is -0.140. The van der Waals surface area contributed by atoms with Crippen LogP contribution in [0.1, 0.15) is 68.1 Å². The monoisotopic (exact) mass is 264 g/mol. The number of carbonyl (C=O) groups is 1. The Morgan fingerprint density at radius 3 is 2.53 bits per heavy atom. The molecule has 2 rings (SSSR count). The summed E-state index contributed by atoms with van der Waals surface area (Å²) in [5.41, 5.74) is 7.59. The van der Waals surface area contributed by atoms with Gasteiger partial charge in [0, 0.05) is 6.04 Å². The molecule has 0 unspecified atom stereocenters. The van der Waals surface area contributed by atoms with Crippen molar-refractivity contribution in [1.82, 2.24) is 15.5 Å². The molecular formula is C14H24N4O. The molecule has 0 spiro atoms. The van der Waals surface area contributed by atoms with Gasteiger partial charge in [-0.1, -0.05) is 39.0 Å². The van der Waals surface area contributed by atoms with Crippen LogP contribution in [0.15, 0.2) is 0 Å². The molecule has 1 aromatic rings. The molecule has 0 radical (unpaired) electrons. The second-order valence-corrected chi connectivity index (χ2v) is 5.33. The van der Waals surface area contributed by atoms with Gasteiger partial charge in [-0.25, -0.2) is 0 Å². The maximum atomic E-state index is 12.2. The number of aryl methyl sites for hydroxylation is 1. The third-order valence-corrected chi connectivity index (χ3v) is 3.89. The van der Waals surface area contributed by atoms with Gasteiger partial charge < -0.3 is 11.1 Å². The molecule has 1 heterocycles. The molecule has 1 fully saturated rings. The predicted octanol–water partition coefficient (Wildman–Crippen LogP) is 2.40. The van der Waals surface area contributed by atoms with E-state index in [2.05, 4.69) is 15.5 Å². The van der Waals surface area contributed by atoms with E-state index in [1.54, 1.807) is 0 Å². The largest absolute Gasteiger partial charge is 0.395 e. The number of nitrogen functional groups attached to an aromatic ring is 1. The number of hydrogen-bond acceptors (Lipinski definition) is 3. The van der Waals surface area contributed by atoms with Gasteiger partial charge >= 0.3 is 0 Å². The van der Waals surface area contributed by atoms with Crippen LogP contribution in [-0.4, -0.2) is 22.1 Å². The van der Waals surface area contributed by atoms with Gasteiger partial charge in [0.2, 0.25) is 0 Å². The van der Waals surface area contributed by atoms with Crippen LogP contribution in [0.3, 0.4) is 0 Å². The van der Waals surface area contributed by atoms with Crippen LogP contribution in [0, 0.1) is 0 Å². The zero-order valence-corrected chi connectivity index (χ0v) is 11.7. The van der Waals surface area contributed by atoms with Crippen molar-refractivity contribution in [2.45, 2.75) is 64.3 Å². The number of nitrogens with two attached hydrogens (primary N) is 1. The molecule has 5 heteroatoms. The number of H-pyrrole nitrogens is 1. The lowest BCUT2D eigenvalue weighted by atomic mass is 9.96. The van der Waals surface area contributed by atoms with Gasteiger partial charge in [0.15, 0.2) is 5.69 Å². The second-order valence-electron chi connectivity index (χ2n) is 5.33. The Hall–Kier alpha value is -1.52. The van der Waals surface area contributed by atoms with Gasteiger partial charge in [0.05, 0.1) is 11.4 Å². The van der Waals surface area contributed by atoms with E-state index in [1.807, 2.05) is 6.92 Å². The topological polar surface area (TPSA) is 83.8 Å². The molecule has 0 saturated heterocycles. The SMILES string of the molecule is CCc1[nH]nc(C(=O)NC2CCCCCCC2)c1N. The van der Waals surface area contributed by atoms with Crippen molar-refractivity contribution < 1.29 is 4.79 Å². The number of nitrogens with zero attached hydrogens (tertiary/aromatic N) is 1. The van der Waals surface area contributed by atoms with Crippen LogP contribution in [0.25, 0.3) is 0 Å². The van der Waals surface area contributed by atoms with Crippen LogP contribution in [0.2, 0.25) is 0 Å². The average Bonchev–Trinajstić information content (AvgIpc) is 2.73. The Bertz CT molecular complexity index is 419. The number of amides is 1. The van der Waals surface area contributed by atoms with E-state index >= 15 is 0 Å². The number of nitrogens with one attached hydrogen (secondary N) is 2. The first kappa shape index (κ1) is 13.9. The van der Waals surface area contributed by atoms with Crippen LogP contribution < -0.4 is 11.1 Å². The average molecular weight is 264 g/mol. The molecule has 1 aliphatic rings. The zero-order chi connectivity index (χ0) is 13.7. The number of rotatable bonds is 3. The number of aromatic nitrogens is 2. The molecule has 1 aromatic heterocycles. The van der Waals surface area contributed by atoms with E-state index < -0.39 is 0 Å². The highest BCUT2D eigenvalue weighted by atomic mass is 16.2. The first-order valence-corrected chi connectivity index (χ1v) is 7.36. The zero-order valence-electron chi connectivity index (χ0n) is 11.7. The minimum Gasteiger partial charge on any atom is -0.395 e. The van der Waals surface area contributed by atoms with Gasteiger partial charge in [-0.05, 0) is 19.3 Å². The number of hydrogen-bond donors (Lipinski definition) is 3. The van der Waals surface area contributed by atoms with E-state index in [9.17, 15) is 4.79 Å². The van der Waals surface area contributed by atoms with Crippen LogP contribution in [0.4, 0.5) is 5.69 Å². The summed E-state index contributed by atoms with van der Waals surface area (Å²) in [5.74, 6) is -0.140. The fourth-order valence-corrected chi connectivity index (χ4v) is 2.68. The van der Waals surface area contributed by atoms with Crippen molar-refractivity contribution in [3.8, 4) is 0 Å². The van der Waals surface area contributed by atoms with E-state index in [0.29, 0.717) is 11.4 Å². The summed E-state index contributed by atoms with van der Waals surface area (Å²) in [5, 5.41) is 9.94. The van der Waals surface area contributed by atoms with E-state index in [0.717, 1.165) is 25.0 Å². The molecule has 0 bridgehead atoms. The summed E-state index contributed by atoms with van der Waals surface area (Å²) in [6.45, 7) is 1.99. The number of anilines is 1. The molecule has 19 heavy (non-hydrogen) atoms. The van der Waals surface area contributed by atoms with Crippen molar-refractivity contribution in [3.05, 3.63) is 11.4 Å². The number of carbonyl (C=O) groups excluding carboxylic acids is 1. The Labute approximate surface area is 114 Å². The smallest absolute Gasteiger partial charge is 0.274 e. The summed E-state index contributed by atoms with van der Waals surface area (Å²) >= 11 is 0. The summed E-state index contributed by atoms with van der Waals surface area (Å²) in [7, 11) is 0. The van der Waals surface area contributed by atoms with Crippen molar-refractivity contribution in [1.29, 1.82) is 0 Å². The van der Waals surface area contributed by atoms with Gasteiger partial charge in [-0.15, -0.1) is 0 Å². The summed E-state index contributed by atoms with van der Waals surface area (Å²) in [6.07, 6.45) is 9.16. The molecular weight excluding hydrogens is 240 g/mol. The van der Waals surface area contributed by atoms with Crippen LogP contribution in [-0.2, 0) is 6.42 Å². The summed E-state index contributed by atoms with van der Waals surface area (Å²) < 4.78 is 0. The number of aromatic amines is 1. The molecule has 0 atom stereocenters. The Morgan fingerprint density at radius 2 is 1.95 bits per heavy atom. The van der Waals surface area contributed by atoms with Gasteiger partial charge in [-0.3, -0.25) is 9.89 Å². The molecule has 1 amide bonds. The van der Waals surface area contributed by atoms with Crippen molar-refractivity contribution >= 4 is 11.6 Å². The predicted molar refractivity (Wildman–Crippen MR) is 76.0 cm³/mol. The first-order chi connectivity index (χ1) is 9.22. The van der Waals surface area contributed by atoms with Gasteiger partial charge in [-0.2, -0.15) is 5.10 Å². The third kappa shape index (κ3) is 3.49. The minimum absolute atomic E-state index is 0.140.